The number of piperidine rings is 1. The van der Waals surface area contributed by atoms with Gasteiger partial charge in [0, 0.05) is 50.6 Å². The van der Waals surface area contributed by atoms with Crippen LogP contribution in [0.25, 0.3) is 0 Å². The van der Waals surface area contributed by atoms with Crippen molar-refractivity contribution in [2.45, 2.75) is 114 Å². The number of benzene rings is 1. The fourth-order valence-electron chi connectivity index (χ4n) is 7.12. The lowest BCUT2D eigenvalue weighted by Crippen LogP contribution is -2.56. The first-order chi connectivity index (χ1) is 21.2. The van der Waals surface area contributed by atoms with Crippen LogP contribution in [-0.4, -0.2) is 77.7 Å². The summed E-state index contributed by atoms with van der Waals surface area (Å²) in [5.41, 5.74) is 7.36. The van der Waals surface area contributed by atoms with Crippen LogP contribution >= 0.6 is 0 Å². The fraction of sp³-hybridized carbons (Fsp3) is 0.676. The number of hydrogen-bond donors (Lipinski definition) is 3. The molecule has 1 saturated carbocycles. The minimum atomic E-state index is -0.569. The van der Waals surface area contributed by atoms with Crippen LogP contribution in [0.3, 0.4) is 0 Å². The van der Waals surface area contributed by atoms with Crippen LogP contribution in [0.2, 0.25) is 0 Å². The van der Waals surface area contributed by atoms with E-state index in [0.717, 1.165) is 56.2 Å². The summed E-state index contributed by atoms with van der Waals surface area (Å²) in [5.74, 6) is 1.66. The first-order valence-electron chi connectivity index (χ1n) is 16.9. The van der Waals surface area contributed by atoms with Crippen molar-refractivity contribution in [2.75, 3.05) is 43.0 Å². The van der Waals surface area contributed by atoms with Crippen molar-refractivity contribution >= 4 is 17.7 Å². The number of rotatable bonds is 13. The van der Waals surface area contributed by atoms with E-state index in [1.807, 2.05) is 36.5 Å². The van der Waals surface area contributed by atoms with Gasteiger partial charge in [-0.2, -0.15) is 4.98 Å². The Labute approximate surface area is 258 Å². The number of anilines is 2. The summed E-state index contributed by atoms with van der Waals surface area (Å²) in [6.45, 7) is 4.86. The molecule has 1 aliphatic carbocycles. The van der Waals surface area contributed by atoms with Gasteiger partial charge in [-0.3, -0.25) is 9.69 Å². The highest BCUT2D eigenvalue weighted by Crippen LogP contribution is 2.31. The van der Waals surface area contributed by atoms with Crippen LogP contribution in [0.15, 0.2) is 42.6 Å². The third-order valence-electron chi connectivity index (χ3n) is 9.51. The number of hydrogen-bond acceptors (Lipinski definition) is 8. The van der Waals surface area contributed by atoms with Crippen molar-refractivity contribution in [3.63, 3.8) is 0 Å². The average Bonchev–Trinajstić information content (AvgIpc) is 3.34. The smallest absolute Gasteiger partial charge is 0.237 e. The molecule has 9 heteroatoms. The second kappa shape index (κ2) is 16.9. The highest BCUT2D eigenvalue weighted by Gasteiger charge is 2.36. The fourth-order valence-corrected chi connectivity index (χ4v) is 7.12. The molecule has 5 rings (SSSR count). The quantitative estimate of drug-likeness (QED) is 0.283. The van der Waals surface area contributed by atoms with E-state index >= 15 is 0 Å². The van der Waals surface area contributed by atoms with E-state index in [-0.39, 0.29) is 11.9 Å². The normalized spacial score (nSPS) is 23.0. The van der Waals surface area contributed by atoms with Crippen LogP contribution in [0.5, 0.6) is 0 Å². The monoisotopic (exact) mass is 591 g/mol. The molecule has 1 amide bonds. The third-order valence-corrected chi connectivity index (χ3v) is 9.51. The molecule has 3 heterocycles. The molecule has 9 nitrogen and oxygen atoms in total. The number of amides is 1. The molecule has 2 aliphatic heterocycles. The Morgan fingerprint density at radius 1 is 0.953 bits per heavy atom. The van der Waals surface area contributed by atoms with E-state index in [4.69, 9.17) is 15.5 Å². The van der Waals surface area contributed by atoms with Gasteiger partial charge in [-0.05, 0) is 69.5 Å². The standard InChI is InChI=1S/C34H53N7O2/c35-29(19-25-43-26-27-12-5-3-6-13-27)33(42)36-20-17-31-30(16-11-24-41(31)28-14-7-4-8-15-28)38-34-37-21-18-32(39-34)40-22-9-1-2-10-23-40/h3,5-6,12-13,18,21,28-31H,1-2,4,7-11,14-17,19-20,22-26,35H2,(H,36,42)(H,37,38,39)/t29-,30?,31?/m0/s1. The van der Waals surface area contributed by atoms with Gasteiger partial charge in [-0.15, -0.1) is 0 Å². The maximum atomic E-state index is 12.9. The average molecular weight is 592 g/mol. The topological polar surface area (TPSA) is 109 Å². The second-order valence-electron chi connectivity index (χ2n) is 12.6. The van der Waals surface area contributed by atoms with Crippen molar-refractivity contribution in [2.24, 2.45) is 5.73 Å². The van der Waals surface area contributed by atoms with Gasteiger partial charge < -0.3 is 26.0 Å². The van der Waals surface area contributed by atoms with Gasteiger partial charge in [0.15, 0.2) is 0 Å². The Balaban J connectivity index is 1.16. The molecule has 2 aromatic rings. The molecule has 0 bridgehead atoms. The first kappa shape index (κ1) is 31.7. The molecule has 1 aromatic heterocycles. The molecule has 0 spiro atoms. The Kier molecular flexibility index (Phi) is 12.5. The van der Waals surface area contributed by atoms with E-state index in [1.54, 1.807) is 0 Å². The van der Waals surface area contributed by atoms with Gasteiger partial charge in [0.25, 0.3) is 0 Å². The van der Waals surface area contributed by atoms with Crippen LogP contribution in [0.4, 0.5) is 11.8 Å². The minimum absolute atomic E-state index is 0.0960. The van der Waals surface area contributed by atoms with Gasteiger partial charge in [-0.25, -0.2) is 4.98 Å². The molecule has 0 radical (unpaired) electrons. The molecule has 4 N–H and O–H groups in total. The van der Waals surface area contributed by atoms with Crippen LogP contribution < -0.4 is 21.3 Å². The zero-order valence-electron chi connectivity index (χ0n) is 26.0. The summed E-state index contributed by atoms with van der Waals surface area (Å²) in [7, 11) is 0. The summed E-state index contributed by atoms with van der Waals surface area (Å²) in [6, 6.07) is 12.7. The van der Waals surface area contributed by atoms with Crippen LogP contribution in [0.1, 0.15) is 89.0 Å². The lowest BCUT2D eigenvalue weighted by Gasteiger charge is -2.47. The summed E-state index contributed by atoms with van der Waals surface area (Å²) in [5, 5.41) is 6.90. The molecule has 3 fully saturated rings. The largest absolute Gasteiger partial charge is 0.377 e. The third kappa shape index (κ3) is 9.62. The highest BCUT2D eigenvalue weighted by molar-refractivity contribution is 5.81. The number of nitrogens with two attached hydrogens (primary N) is 1. The van der Waals surface area contributed by atoms with E-state index in [9.17, 15) is 4.79 Å². The minimum Gasteiger partial charge on any atom is -0.377 e. The Bertz CT molecular complexity index is 1090. The Morgan fingerprint density at radius 3 is 2.51 bits per heavy atom. The van der Waals surface area contributed by atoms with E-state index in [2.05, 4.69) is 31.5 Å². The van der Waals surface area contributed by atoms with Gasteiger partial charge in [0.1, 0.15) is 5.82 Å². The summed E-state index contributed by atoms with van der Waals surface area (Å²) >= 11 is 0. The highest BCUT2D eigenvalue weighted by atomic mass is 16.5. The summed E-state index contributed by atoms with van der Waals surface area (Å²) in [6.07, 6.45) is 17.1. The van der Waals surface area contributed by atoms with Crippen molar-refractivity contribution in [1.29, 1.82) is 0 Å². The number of nitrogens with one attached hydrogen (secondary N) is 2. The SMILES string of the molecule is N[C@@H](CCOCc1ccccc1)C(=O)NCCC1C(Nc2nccc(N3CCCCCC3)n2)CCCN1C1CCCCC1. The number of nitrogens with zero attached hydrogens (tertiary/aromatic N) is 4. The molecule has 2 unspecified atom stereocenters. The molecule has 3 aliphatic rings. The maximum Gasteiger partial charge on any atom is 0.237 e. The Hall–Kier alpha value is -2.75. The number of carbonyl (C=O) groups is 1. The van der Waals surface area contributed by atoms with Gasteiger partial charge >= 0.3 is 0 Å². The predicted molar refractivity (Wildman–Crippen MR) is 173 cm³/mol. The van der Waals surface area contributed by atoms with Crippen molar-refractivity contribution < 1.29 is 9.53 Å². The molecule has 43 heavy (non-hydrogen) atoms. The first-order valence-corrected chi connectivity index (χ1v) is 16.9. The van der Waals surface area contributed by atoms with Crippen LogP contribution in [0, 0.1) is 0 Å². The Morgan fingerprint density at radius 2 is 1.72 bits per heavy atom. The van der Waals surface area contributed by atoms with Crippen molar-refractivity contribution in [1.82, 2.24) is 20.2 Å². The number of ether oxygens (including phenoxy) is 1. The van der Waals surface area contributed by atoms with E-state index < -0.39 is 6.04 Å². The summed E-state index contributed by atoms with van der Waals surface area (Å²) < 4.78 is 5.76. The zero-order chi connectivity index (χ0) is 29.7. The number of likely N-dealkylation sites (tertiary alicyclic amines) is 1. The van der Waals surface area contributed by atoms with E-state index in [0.29, 0.717) is 38.3 Å². The lowest BCUT2D eigenvalue weighted by atomic mass is 9.87. The van der Waals surface area contributed by atoms with Gasteiger partial charge in [-0.1, -0.05) is 62.4 Å². The van der Waals surface area contributed by atoms with Gasteiger partial charge in [0.2, 0.25) is 11.9 Å². The molecular weight excluding hydrogens is 538 g/mol. The second-order valence-corrected chi connectivity index (χ2v) is 12.6. The zero-order valence-corrected chi connectivity index (χ0v) is 26.0. The molecule has 1 aromatic carbocycles. The number of aromatic nitrogens is 2. The molecular formula is C34H53N7O2. The van der Waals surface area contributed by atoms with Crippen LogP contribution in [-0.2, 0) is 16.1 Å². The van der Waals surface area contributed by atoms with Crippen molar-refractivity contribution in [3.05, 3.63) is 48.2 Å². The maximum absolute atomic E-state index is 12.9. The molecule has 2 saturated heterocycles. The van der Waals surface area contributed by atoms with E-state index in [1.165, 1.54) is 57.8 Å². The predicted octanol–water partition coefficient (Wildman–Crippen LogP) is 4.88. The summed E-state index contributed by atoms with van der Waals surface area (Å²) in [4.78, 5) is 27.6. The lowest BCUT2D eigenvalue weighted by molar-refractivity contribution is -0.122. The van der Waals surface area contributed by atoms with Crippen molar-refractivity contribution in [3.8, 4) is 0 Å². The molecule has 3 atom stereocenters. The number of carbonyl (C=O) groups excluding carboxylic acids is 1. The van der Waals surface area contributed by atoms with Gasteiger partial charge in [0.05, 0.1) is 12.6 Å². The molecule has 236 valence electrons.